The van der Waals surface area contributed by atoms with E-state index in [1.165, 1.54) is 10.7 Å². The number of piperidine rings is 1. The normalized spacial score (nSPS) is 15.7. The number of hydrogen-bond acceptors (Lipinski definition) is 4. The maximum absolute atomic E-state index is 14.2. The Morgan fingerprint density at radius 2 is 1.90 bits per heavy atom. The maximum atomic E-state index is 14.2. The van der Waals surface area contributed by atoms with E-state index in [4.69, 9.17) is 0 Å². The molecular weight excluding hydrogens is 402 g/mol. The third kappa shape index (κ3) is 4.48. The van der Waals surface area contributed by atoms with E-state index in [1.807, 2.05) is 0 Å². The van der Waals surface area contributed by atoms with Crippen LogP contribution in [0.3, 0.4) is 0 Å². The van der Waals surface area contributed by atoms with Crippen LogP contribution in [0.5, 0.6) is 0 Å². The first kappa shape index (κ1) is 21.4. The van der Waals surface area contributed by atoms with Gasteiger partial charge in [0.25, 0.3) is 5.91 Å². The number of amides is 1. The number of halogens is 2. The molecular formula is C19H24F2N4O3S. The topological polar surface area (TPSA) is 84.3 Å². The second-order valence-electron chi connectivity index (χ2n) is 7.14. The standard InChI is InChI=1S/C19H24F2N4O3S/c1-4-29(27,28)23-15-7-9-24(10-8-15)19(26)18-12(2)22-25(13(18)3)17-6-5-14(20)11-16(17)21/h5-6,11,15,23H,4,7-10H2,1-3H3. The lowest BCUT2D eigenvalue weighted by Gasteiger charge is -2.32. The van der Waals surface area contributed by atoms with Crippen molar-refractivity contribution < 1.29 is 22.0 Å². The molecule has 1 N–H and O–H groups in total. The minimum absolute atomic E-state index is 0.0175. The predicted octanol–water partition coefficient (Wildman–Crippen LogP) is 2.31. The molecule has 1 saturated heterocycles. The third-order valence-corrected chi connectivity index (χ3v) is 6.60. The molecule has 29 heavy (non-hydrogen) atoms. The van der Waals surface area contributed by atoms with Gasteiger partial charge in [-0.2, -0.15) is 5.10 Å². The Morgan fingerprint density at radius 1 is 1.24 bits per heavy atom. The van der Waals surface area contributed by atoms with Crippen LogP contribution < -0.4 is 4.72 Å². The van der Waals surface area contributed by atoms with E-state index in [1.54, 1.807) is 25.7 Å². The molecule has 0 bridgehead atoms. The average Bonchev–Trinajstić information content (AvgIpc) is 2.95. The number of rotatable bonds is 5. The van der Waals surface area contributed by atoms with Gasteiger partial charge in [0, 0.05) is 25.2 Å². The zero-order valence-corrected chi connectivity index (χ0v) is 17.4. The summed E-state index contributed by atoms with van der Waals surface area (Å²) in [4.78, 5) is 14.7. The third-order valence-electron chi connectivity index (χ3n) is 5.15. The number of nitrogens with one attached hydrogen (secondary N) is 1. The van der Waals surface area contributed by atoms with Crippen molar-refractivity contribution in [1.29, 1.82) is 0 Å². The Kier molecular flexibility index (Phi) is 6.04. The molecule has 0 spiro atoms. The van der Waals surface area contributed by atoms with Gasteiger partial charge in [-0.3, -0.25) is 4.79 Å². The summed E-state index contributed by atoms with van der Waals surface area (Å²) in [5.41, 5.74) is 1.36. The number of nitrogens with zero attached hydrogens (tertiary/aromatic N) is 3. The number of aryl methyl sites for hydroxylation is 1. The average molecular weight is 426 g/mol. The minimum Gasteiger partial charge on any atom is -0.338 e. The van der Waals surface area contributed by atoms with Crippen molar-refractivity contribution >= 4 is 15.9 Å². The van der Waals surface area contributed by atoms with Crippen molar-refractivity contribution in [2.45, 2.75) is 39.7 Å². The number of aromatic nitrogens is 2. The smallest absolute Gasteiger partial charge is 0.257 e. The van der Waals surface area contributed by atoms with Crippen molar-refractivity contribution in [2.75, 3.05) is 18.8 Å². The molecule has 0 saturated carbocycles. The molecule has 1 aliphatic rings. The van der Waals surface area contributed by atoms with Crippen LogP contribution in [0.2, 0.25) is 0 Å². The van der Waals surface area contributed by atoms with Crippen molar-refractivity contribution in [3.63, 3.8) is 0 Å². The molecule has 158 valence electrons. The van der Waals surface area contributed by atoms with E-state index in [0.29, 0.717) is 42.9 Å². The largest absolute Gasteiger partial charge is 0.338 e. The number of sulfonamides is 1. The van der Waals surface area contributed by atoms with E-state index in [0.717, 1.165) is 12.1 Å². The monoisotopic (exact) mass is 426 g/mol. The molecule has 1 aromatic carbocycles. The second-order valence-corrected chi connectivity index (χ2v) is 9.18. The molecule has 2 aromatic rings. The molecule has 1 aromatic heterocycles. The van der Waals surface area contributed by atoms with E-state index in [-0.39, 0.29) is 23.4 Å². The molecule has 1 amide bonds. The summed E-state index contributed by atoms with van der Waals surface area (Å²) in [5, 5.41) is 4.28. The lowest BCUT2D eigenvalue weighted by molar-refractivity contribution is 0.0710. The zero-order valence-electron chi connectivity index (χ0n) is 16.6. The van der Waals surface area contributed by atoms with Crippen molar-refractivity contribution in [3.05, 3.63) is 46.8 Å². The summed E-state index contributed by atoms with van der Waals surface area (Å²) in [6.07, 6.45) is 1.04. The van der Waals surface area contributed by atoms with Crippen LogP contribution in [0.1, 0.15) is 41.5 Å². The van der Waals surface area contributed by atoms with E-state index >= 15 is 0 Å². The van der Waals surface area contributed by atoms with Gasteiger partial charge in [0.2, 0.25) is 10.0 Å². The summed E-state index contributed by atoms with van der Waals surface area (Å²) in [6, 6.07) is 3.00. The molecule has 7 nitrogen and oxygen atoms in total. The fourth-order valence-corrected chi connectivity index (χ4v) is 4.45. The van der Waals surface area contributed by atoms with Gasteiger partial charge in [-0.1, -0.05) is 0 Å². The van der Waals surface area contributed by atoms with Crippen LogP contribution in [-0.4, -0.2) is 53.9 Å². The van der Waals surface area contributed by atoms with Crippen LogP contribution in [0.25, 0.3) is 5.69 Å². The lowest BCUT2D eigenvalue weighted by atomic mass is 10.0. The molecule has 1 aliphatic heterocycles. The fraction of sp³-hybridized carbons (Fsp3) is 0.474. The summed E-state index contributed by atoms with van der Waals surface area (Å²) in [5.74, 6) is -1.67. The molecule has 10 heteroatoms. The van der Waals surface area contributed by atoms with Crippen molar-refractivity contribution in [2.24, 2.45) is 0 Å². The van der Waals surface area contributed by atoms with E-state index in [9.17, 15) is 22.0 Å². The fourth-order valence-electron chi connectivity index (χ4n) is 3.54. The van der Waals surface area contributed by atoms with Crippen LogP contribution in [0.15, 0.2) is 18.2 Å². The highest BCUT2D eigenvalue weighted by Crippen LogP contribution is 2.23. The summed E-state index contributed by atoms with van der Waals surface area (Å²) < 4.78 is 54.8. The van der Waals surface area contributed by atoms with Gasteiger partial charge in [0.05, 0.1) is 22.7 Å². The molecule has 1 fully saturated rings. The van der Waals surface area contributed by atoms with Crippen LogP contribution in [0, 0.1) is 25.5 Å². The van der Waals surface area contributed by atoms with Crippen LogP contribution in [-0.2, 0) is 10.0 Å². The first-order chi connectivity index (χ1) is 13.6. The molecule has 0 aliphatic carbocycles. The van der Waals surface area contributed by atoms with E-state index in [2.05, 4.69) is 9.82 Å². The quantitative estimate of drug-likeness (QED) is 0.795. The molecule has 0 atom stereocenters. The second kappa shape index (κ2) is 8.19. The SMILES string of the molecule is CCS(=O)(=O)NC1CCN(C(=O)c2c(C)nn(-c3ccc(F)cc3F)c2C)CC1. The minimum atomic E-state index is -3.29. The summed E-state index contributed by atoms with van der Waals surface area (Å²) in [7, 11) is -3.29. The van der Waals surface area contributed by atoms with Gasteiger partial charge >= 0.3 is 0 Å². The Morgan fingerprint density at radius 3 is 2.48 bits per heavy atom. The van der Waals surface area contributed by atoms with Crippen molar-refractivity contribution in [3.8, 4) is 5.69 Å². The summed E-state index contributed by atoms with van der Waals surface area (Å²) >= 11 is 0. The number of benzene rings is 1. The number of hydrogen-bond donors (Lipinski definition) is 1. The van der Waals surface area contributed by atoms with Crippen LogP contribution in [0.4, 0.5) is 8.78 Å². The van der Waals surface area contributed by atoms with Gasteiger partial charge < -0.3 is 4.90 Å². The van der Waals surface area contributed by atoms with Gasteiger partial charge in [-0.15, -0.1) is 0 Å². The first-order valence-corrected chi connectivity index (χ1v) is 11.1. The highest BCUT2D eigenvalue weighted by atomic mass is 32.2. The van der Waals surface area contributed by atoms with Gasteiger partial charge in [-0.25, -0.2) is 26.6 Å². The molecule has 0 unspecified atom stereocenters. The number of carbonyl (C=O) groups is 1. The first-order valence-electron chi connectivity index (χ1n) is 9.44. The lowest BCUT2D eigenvalue weighted by Crippen LogP contribution is -2.47. The summed E-state index contributed by atoms with van der Waals surface area (Å²) in [6.45, 7) is 5.72. The maximum Gasteiger partial charge on any atom is 0.257 e. The molecule has 0 radical (unpaired) electrons. The number of carbonyl (C=O) groups excluding carboxylic acids is 1. The van der Waals surface area contributed by atoms with Crippen LogP contribution >= 0.6 is 0 Å². The Hall–Kier alpha value is -2.33. The van der Waals surface area contributed by atoms with Gasteiger partial charge in [0.1, 0.15) is 11.5 Å². The Balaban J connectivity index is 1.78. The Bertz CT molecular complexity index is 1030. The molecule has 3 rings (SSSR count). The highest BCUT2D eigenvalue weighted by molar-refractivity contribution is 7.89. The van der Waals surface area contributed by atoms with Gasteiger partial charge in [0.15, 0.2) is 5.82 Å². The highest BCUT2D eigenvalue weighted by Gasteiger charge is 2.29. The van der Waals surface area contributed by atoms with E-state index < -0.39 is 21.7 Å². The number of likely N-dealkylation sites (tertiary alicyclic amines) is 1. The molecule has 2 heterocycles. The van der Waals surface area contributed by atoms with Crippen molar-refractivity contribution in [1.82, 2.24) is 19.4 Å². The predicted molar refractivity (Wildman–Crippen MR) is 104 cm³/mol. The van der Waals surface area contributed by atoms with Gasteiger partial charge in [-0.05, 0) is 45.7 Å². The zero-order chi connectivity index (χ0) is 21.3. The Labute approximate surface area is 168 Å².